The first kappa shape index (κ1) is 14.0. The van der Waals surface area contributed by atoms with E-state index in [4.69, 9.17) is 10.5 Å². The molecular formula is C15H19BrN2O2. The largest absolute Gasteiger partial charge is 0.376 e. The number of fused-ring (bicyclic) bond motifs is 1. The lowest BCUT2D eigenvalue weighted by atomic mass is 9.68. The third kappa shape index (κ3) is 2.28. The van der Waals surface area contributed by atoms with Gasteiger partial charge in [0.05, 0.1) is 12.1 Å². The molecule has 20 heavy (non-hydrogen) atoms. The van der Waals surface area contributed by atoms with Gasteiger partial charge < -0.3 is 15.8 Å². The first-order valence-corrected chi connectivity index (χ1v) is 7.82. The van der Waals surface area contributed by atoms with Gasteiger partial charge in [0.15, 0.2) is 0 Å². The van der Waals surface area contributed by atoms with Gasteiger partial charge in [-0.15, -0.1) is 0 Å². The van der Waals surface area contributed by atoms with Crippen molar-refractivity contribution in [2.24, 2.45) is 11.7 Å². The minimum absolute atomic E-state index is 0.0108. The fourth-order valence-corrected chi connectivity index (χ4v) is 3.57. The highest BCUT2D eigenvalue weighted by molar-refractivity contribution is 9.10. The predicted molar refractivity (Wildman–Crippen MR) is 80.6 cm³/mol. The van der Waals surface area contributed by atoms with Crippen LogP contribution < -0.4 is 11.1 Å². The van der Waals surface area contributed by atoms with E-state index in [1.54, 1.807) is 0 Å². The molecule has 5 heteroatoms. The summed E-state index contributed by atoms with van der Waals surface area (Å²) >= 11 is 3.45. The Kier molecular flexibility index (Phi) is 3.84. The fourth-order valence-electron chi connectivity index (χ4n) is 3.21. The van der Waals surface area contributed by atoms with E-state index in [1.807, 2.05) is 25.1 Å². The standard InChI is InChI=1S/C15H19BrN2O2/c1-8-9(4-2-6-11(8)16)15(19)18-13-12(17)10-5-3-7-20-14(10)13/h2,4,6,10,12-14H,3,5,7,17H2,1H3,(H,18,19). The zero-order valence-electron chi connectivity index (χ0n) is 11.4. The summed E-state index contributed by atoms with van der Waals surface area (Å²) in [4.78, 5) is 12.4. The highest BCUT2D eigenvalue weighted by Gasteiger charge is 2.51. The van der Waals surface area contributed by atoms with E-state index in [9.17, 15) is 4.79 Å². The van der Waals surface area contributed by atoms with Crippen molar-refractivity contribution in [1.82, 2.24) is 5.32 Å². The molecule has 2 fully saturated rings. The molecule has 1 aliphatic heterocycles. The van der Waals surface area contributed by atoms with Gasteiger partial charge in [0.1, 0.15) is 0 Å². The van der Waals surface area contributed by atoms with Crippen molar-refractivity contribution in [3.05, 3.63) is 33.8 Å². The Balaban J connectivity index is 1.72. The Bertz CT molecular complexity index is 535. The van der Waals surface area contributed by atoms with Gasteiger partial charge in [-0.25, -0.2) is 0 Å². The smallest absolute Gasteiger partial charge is 0.251 e. The summed E-state index contributed by atoms with van der Waals surface area (Å²) in [6, 6.07) is 5.58. The molecule has 3 N–H and O–H groups in total. The zero-order valence-corrected chi connectivity index (χ0v) is 13.0. The van der Waals surface area contributed by atoms with Crippen molar-refractivity contribution in [3.63, 3.8) is 0 Å². The number of nitrogens with one attached hydrogen (secondary N) is 1. The molecule has 3 rings (SSSR count). The SMILES string of the molecule is Cc1c(Br)cccc1C(=O)NC1C(N)C2CCCOC21. The maximum atomic E-state index is 12.4. The average Bonchev–Trinajstić information content (AvgIpc) is 2.47. The molecule has 0 bridgehead atoms. The Hall–Kier alpha value is -0.910. The molecule has 1 heterocycles. The quantitative estimate of drug-likeness (QED) is 0.866. The molecule has 108 valence electrons. The number of benzene rings is 1. The molecule has 0 radical (unpaired) electrons. The Morgan fingerprint density at radius 2 is 2.30 bits per heavy atom. The second-order valence-electron chi connectivity index (χ2n) is 5.63. The van der Waals surface area contributed by atoms with Crippen molar-refractivity contribution in [1.29, 1.82) is 0 Å². The van der Waals surface area contributed by atoms with Crippen LogP contribution in [0.2, 0.25) is 0 Å². The summed E-state index contributed by atoms with van der Waals surface area (Å²) in [6.45, 7) is 2.70. The predicted octanol–water partition coefficient (Wildman–Crippen LogP) is 1.99. The topological polar surface area (TPSA) is 64.4 Å². The molecule has 1 aromatic carbocycles. The second kappa shape index (κ2) is 5.47. The van der Waals surface area contributed by atoms with Crippen molar-refractivity contribution >= 4 is 21.8 Å². The molecular weight excluding hydrogens is 320 g/mol. The number of hydrogen-bond acceptors (Lipinski definition) is 3. The summed E-state index contributed by atoms with van der Waals surface area (Å²) < 4.78 is 6.69. The minimum atomic E-state index is -0.0723. The summed E-state index contributed by atoms with van der Waals surface area (Å²) in [7, 11) is 0. The molecule has 1 saturated heterocycles. The molecule has 1 amide bonds. The maximum absolute atomic E-state index is 12.4. The van der Waals surface area contributed by atoms with Crippen LogP contribution in [-0.4, -0.2) is 30.7 Å². The summed E-state index contributed by atoms with van der Waals surface area (Å²) in [5, 5.41) is 3.04. The molecule has 0 spiro atoms. The van der Waals surface area contributed by atoms with Crippen LogP contribution in [0.15, 0.2) is 22.7 Å². The van der Waals surface area contributed by atoms with Gasteiger partial charge in [-0.05, 0) is 37.5 Å². The zero-order chi connectivity index (χ0) is 14.3. The molecule has 1 saturated carbocycles. The van der Waals surface area contributed by atoms with Gasteiger partial charge in [-0.1, -0.05) is 22.0 Å². The number of nitrogens with two attached hydrogens (primary N) is 1. The first-order valence-electron chi connectivity index (χ1n) is 7.03. The lowest BCUT2D eigenvalue weighted by Gasteiger charge is -2.52. The van der Waals surface area contributed by atoms with Crippen LogP contribution in [0.4, 0.5) is 0 Å². The molecule has 1 aromatic rings. The van der Waals surface area contributed by atoms with Crippen LogP contribution in [-0.2, 0) is 4.74 Å². The van der Waals surface area contributed by atoms with E-state index in [0.29, 0.717) is 11.5 Å². The van der Waals surface area contributed by atoms with Crippen molar-refractivity contribution < 1.29 is 9.53 Å². The number of ether oxygens (including phenoxy) is 1. The number of carbonyl (C=O) groups is 1. The van der Waals surface area contributed by atoms with Crippen LogP contribution in [0.5, 0.6) is 0 Å². The van der Waals surface area contributed by atoms with Crippen molar-refractivity contribution in [3.8, 4) is 0 Å². The van der Waals surface area contributed by atoms with Gasteiger partial charge in [-0.3, -0.25) is 4.79 Å². The van der Waals surface area contributed by atoms with Crippen LogP contribution in [0, 0.1) is 12.8 Å². The normalized spacial score (nSPS) is 32.1. The highest BCUT2D eigenvalue weighted by atomic mass is 79.9. The average molecular weight is 339 g/mol. The highest BCUT2D eigenvalue weighted by Crippen LogP contribution is 2.37. The van der Waals surface area contributed by atoms with E-state index in [0.717, 1.165) is 29.5 Å². The minimum Gasteiger partial charge on any atom is -0.376 e. The molecule has 4 atom stereocenters. The number of carbonyl (C=O) groups excluding carboxylic acids is 1. The Labute approximate surface area is 127 Å². The Morgan fingerprint density at radius 1 is 1.50 bits per heavy atom. The van der Waals surface area contributed by atoms with Gasteiger partial charge in [0.25, 0.3) is 5.91 Å². The lowest BCUT2D eigenvalue weighted by molar-refractivity contribution is -0.117. The maximum Gasteiger partial charge on any atom is 0.251 e. The second-order valence-corrected chi connectivity index (χ2v) is 6.48. The van der Waals surface area contributed by atoms with Crippen molar-refractivity contribution in [2.45, 2.75) is 38.0 Å². The molecule has 4 unspecified atom stereocenters. The van der Waals surface area contributed by atoms with E-state index >= 15 is 0 Å². The third-order valence-corrected chi connectivity index (χ3v) is 5.35. The van der Waals surface area contributed by atoms with Crippen LogP contribution in [0.1, 0.15) is 28.8 Å². The monoisotopic (exact) mass is 338 g/mol. The summed E-state index contributed by atoms with van der Waals surface area (Å²) in [6.07, 6.45) is 2.27. The molecule has 4 nitrogen and oxygen atoms in total. The van der Waals surface area contributed by atoms with Gasteiger partial charge in [0.2, 0.25) is 0 Å². The third-order valence-electron chi connectivity index (χ3n) is 4.49. The van der Waals surface area contributed by atoms with Crippen LogP contribution in [0.25, 0.3) is 0 Å². The number of hydrogen-bond donors (Lipinski definition) is 2. The van der Waals surface area contributed by atoms with Crippen molar-refractivity contribution in [2.75, 3.05) is 6.61 Å². The van der Waals surface area contributed by atoms with E-state index < -0.39 is 0 Å². The van der Waals surface area contributed by atoms with E-state index in [2.05, 4.69) is 21.2 Å². The van der Waals surface area contributed by atoms with Crippen LogP contribution >= 0.6 is 15.9 Å². The van der Waals surface area contributed by atoms with Gasteiger partial charge in [0, 0.05) is 28.6 Å². The van der Waals surface area contributed by atoms with Gasteiger partial charge in [-0.2, -0.15) is 0 Å². The van der Waals surface area contributed by atoms with E-state index in [1.165, 1.54) is 0 Å². The number of rotatable bonds is 2. The van der Waals surface area contributed by atoms with E-state index in [-0.39, 0.29) is 24.1 Å². The first-order chi connectivity index (χ1) is 9.59. The molecule has 0 aromatic heterocycles. The summed E-state index contributed by atoms with van der Waals surface area (Å²) in [5.41, 5.74) is 7.80. The fraction of sp³-hybridized carbons (Fsp3) is 0.533. The molecule has 1 aliphatic carbocycles. The number of amides is 1. The summed E-state index contributed by atoms with van der Waals surface area (Å²) in [5.74, 6) is 0.328. The number of halogens is 1. The van der Waals surface area contributed by atoms with Gasteiger partial charge >= 0.3 is 0 Å². The lowest BCUT2D eigenvalue weighted by Crippen LogP contribution is -2.72. The van der Waals surface area contributed by atoms with Crippen LogP contribution in [0.3, 0.4) is 0 Å². The molecule has 2 aliphatic rings. The Morgan fingerprint density at radius 3 is 3.10 bits per heavy atom.